The Labute approximate surface area is 189 Å². The second kappa shape index (κ2) is 17.4. The van der Waals surface area contributed by atoms with Crippen molar-refractivity contribution in [1.82, 2.24) is 0 Å². The van der Waals surface area contributed by atoms with Crippen LogP contribution in [0.2, 0.25) is 0 Å². The summed E-state index contributed by atoms with van der Waals surface area (Å²) < 4.78 is 83.4. The lowest BCUT2D eigenvalue weighted by atomic mass is 10.3. The maximum Gasteiger partial charge on any atom is 0.313 e. The van der Waals surface area contributed by atoms with Crippen molar-refractivity contribution in [3.8, 4) is 5.75 Å². The van der Waals surface area contributed by atoms with Gasteiger partial charge < -0.3 is 28.4 Å². The Bertz CT molecular complexity index is 706. The number of carbonyl (C=O) groups excluding carboxylic acids is 2. The Kier molecular flexibility index (Phi) is 15.2. The first-order valence-corrected chi connectivity index (χ1v) is 10.2. The van der Waals surface area contributed by atoms with Gasteiger partial charge in [0.15, 0.2) is 11.6 Å². The molecule has 0 saturated carbocycles. The smallest absolute Gasteiger partial charge is 0.313 e. The summed E-state index contributed by atoms with van der Waals surface area (Å²) >= 11 is 0. The highest BCUT2D eigenvalue weighted by atomic mass is 19.2. The van der Waals surface area contributed by atoms with E-state index in [0.717, 1.165) is 0 Å². The molecule has 1 aromatic carbocycles. The van der Waals surface area contributed by atoms with Crippen LogP contribution >= 0.6 is 0 Å². The summed E-state index contributed by atoms with van der Waals surface area (Å²) in [7, 11) is 0. The fourth-order valence-electron chi connectivity index (χ4n) is 2.16. The molecule has 0 spiro atoms. The van der Waals surface area contributed by atoms with Crippen molar-refractivity contribution in [1.29, 1.82) is 0 Å². The summed E-state index contributed by atoms with van der Waals surface area (Å²) in [6.07, 6.45) is 0.00388. The number of halogens is 4. The van der Waals surface area contributed by atoms with Crippen molar-refractivity contribution in [3.63, 3.8) is 0 Å². The highest BCUT2D eigenvalue weighted by Crippen LogP contribution is 2.26. The van der Waals surface area contributed by atoms with Gasteiger partial charge in [-0.3, -0.25) is 9.59 Å². The van der Waals surface area contributed by atoms with E-state index >= 15 is 0 Å². The largest absolute Gasteiger partial charge is 0.420 e. The molecule has 188 valence electrons. The van der Waals surface area contributed by atoms with Crippen LogP contribution in [-0.4, -0.2) is 77.8 Å². The van der Waals surface area contributed by atoms with Gasteiger partial charge in [0.25, 0.3) is 0 Å². The molecular weight excluding hydrogens is 456 g/mol. The molecule has 0 unspecified atom stereocenters. The molecule has 0 atom stereocenters. The number of ketones is 1. The Balaban J connectivity index is 1.93. The highest BCUT2D eigenvalue weighted by Gasteiger charge is 2.22. The quantitative estimate of drug-likeness (QED) is 0.0974. The van der Waals surface area contributed by atoms with Gasteiger partial charge in [0.05, 0.1) is 72.5 Å². The number of hydrogen-bond donors (Lipinski definition) is 0. The van der Waals surface area contributed by atoms with Crippen LogP contribution in [0, 0.1) is 23.3 Å². The average molecular weight is 484 g/mol. The number of ether oxygens (including phenoxy) is 6. The van der Waals surface area contributed by atoms with Crippen molar-refractivity contribution in [2.45, 2.75) is 19.8 Å². The van der Waals surface area contributed by atoms with E-state index in [0.29, 0.717) is 52.7 Å². The molecule has 0 bridgehead atoms. The van der Waals surface area contributed by atoms with Crippen LogP contribution in [0.5, 0.6) is 5.75 Å². The standard InChI is InChI=1S/C21H28F4O8/c1-15(26)2-4-28-6-8-30-10-12-32-13-11-31-9-7-29-5-3-18(27)33-21-19(24)16(22)14-17(23)20(21)25/h14H,2-13H2,1H3. The van der Waals surface area contributed by atoms with E-state index in [1.54, 1.807) is 0 Å². The lowest BCUT2D eigenvalue weighted by Gasteiger charge is -2.09. The Morgan fingerprint density at radius 3 is 1.39 bits per heavy atom. The van der Waals surface area contributed by atoms with E-state index < -0.39 is 35.0 Å². The van der Waals surface area contributed by atoms with Crippen molar-refractivity contribution in [3.05, 3.63) is 29.3 Å². The second-order valence-corrected chi connectivity index (χ2v) is 6.54. The molecule has 1 rings (SSSR count). The first-order chi connectivity index (χ1) is 15.8. The molecular formula is C21H28F4O8. The third-order valence-electron chi connectivity index (χ3n) is 3.82. The predicted molar refractivity (Wildman–Crippen MR) is 106 cm³/mol. The molecule has 1 aromatic rings. The second-order valence-electron chi connectivity index (χ2n) is 6.54. The van der Waals surface area contributed by atoms with Crippen LogP contribution in [-0.2, 0) is 33.3 Å². The van der Waals surface area contributed by atoms with Crippen LogP contribution in [0.25, 0.3) is 0 Å². The van der Waals surface area contributed by atoms with E-state index in [1.165, 1.54) is 6.92 Å². The van der Waals surface area contributed by atoms with Crippen LogP contribution in [0.4, 0.5) is 17.6 Å². The van der Waals surface area contributed by atoms with Crippen molar-refractivity contribution in [2.75, 3.05) is 66.1 Å². The summed E-state index contributed by atoms with van der Waals surface area (Å²) in [6.45, 7) is 4.33. The van der Waals surface area contributed by atoms with Crippen molar-refractivity contribution < 1.29 is 55.6 Å². The fraction of sp³-hybridized carbons (Fsp3) is 0.619. The number of rotatable bonds is 19. The molecule has 12 heteroatoms. The minimum atomic E-state index is -1.79. The minimum Gasteiger partial charge on any atom is -0.420 e. The monoisotopic (exact) mass is 484 g/mol. The molecule has 0 saturated heterocycles. The summed E-state index contributed by atoms with van der Waals surface area (Å²) in [5.74, 6) is -9.39. The molecule has 0 fully saturated rings. The molecule has 8 nitrogen and oxygen atoms in total. The number of carbonyl (C=O) groups is 2. The van der Waals surface area contributed by atoms with E-state index in [4.69, 9.17) is 23.7 Å². The lowest BCUT2D eigenvalue weighted by Crippen LogP contribution is -2.16. The number of benzene rings is 1. The number of esters is 1. The van der Waals surface area contributed by atoms with E-state index in [1.807, 2.05) is 0 Å². The van der Waals surface area contributed by atoms with Crippen molar-refractivity contribution in [2.24, 2.45) is 0 Å². The van der Waals surface area contributed by atoms with E-state index in [2.05, 4.69) is 4.74 Å². The third-order valence-corrected chi connectivity index (χ3v) is 3.82. The van der Waals surface area contributed by atoms with Gasteiger partial charge in [-0.05, 0) is 6.92 Å². The maximum atomic E-state index is 13.4. The lowest BCUT2D eigenvalue weighted by molar-refractivity contribution is -0.136. The van der Waals surface area contributed by atoms with Gasteiger partial charge in [-0.25, -0.2) is 8.78 Å². The Hall–Kier alpha value is -2.12. The minimum absolute atomic E-state index is 0.0154. The zero-order chi connectivity index (χ0) is 24.5. The molecule has 0 radical (unpaired) electrons. The number of Topliss-reactive ketones (excluding diaryl/α,β-unsaturated/α-hetero) is 1. The van der Waals surface area contributed by atoms with Crippen LogP contribution < -0.4 is 4.74 Å². The van der Waals surface area contributed by atoms with E-state index in [-0.39, 0.29) is 38.1 Å². The predicted octanol–water partition coefficient (Wildman–Crippen LogP) is 2.60. The van der Waals surface area contributed by atoms with Crippen molar-refractivity contribution >= 4 is 11.8 Å². The molecule has 0 aliphatic heterocycles. The fourth-order valence-corrected chi connectivity index (χ4v) is 2.16. The Morgan fingerprint density at radius 2 is 1.00 bits per heavy atom. The SMILES string of the molecule is CC(=O)CCOCCOCCOCCOCCOCCC(=O)Oc1c(F)c(F)cc(F)c1F. The summed E-state index contributed by atoms with van der Waals surface area (Å²) in [4.78, 5) is 22.3. The summed E-state index contributed by atoms with van der Waals surface area (Å²) in [5, 5.41) is 0. The van der Waals surface area contributed by atoms with Gasteiger partial charge >= 0.3 is 5.97 Å². The molecule has 0 aliphatic rings. The van der Waals surface area contributed by atoms with Gasteiger partial charge in [0.2, 0.25) is 17.4 Å². The molecule has 0 heterocycles. The molecule has 0 amide bonds. The first-order valence-electron chi connectivity index (χ1n) is 10.2. The van der Waals surface area contributed by atoms with Gasteiger partial charge in [-0.1, -0.05) is 0 Å². The zero-order valence-electron chi connectivity index (χ0n) is 18.3. The van der Waals surface area contributed by atoms with Gasteiger partial charge in [0, 0.05) is 12.5 Å². The van der Waals surface area contributed by atoms with Gasteiger partial charge in [-0.2, -0.15) is 8.78 Å². The van der Waals surface area contributed by atoms with Crippen LogP contribution in [0.1, 0.15) is 19.8 Å². The topological polar surface area (TPSA) is 89.5 Å². The number of hydrogen-bond acceptors (Lipinski definition) is 8. The third kappa shape index (κ3) is 13.2. The van der Waals surface area contributed by atoms with E-state index in [9.17, 15) is 27.2 Å². The summed E-state index contributed by atoms with van der Waals surface area (Å²) in [6, 6.07) is 0.0154. The normalized spacial score (nSPS) is 11.1. The first kappa shape index (κ1) is 28.9. The van der Waals surface area contributed by atoms with Gasteiger partial charge in [-0.15, -0.1) is 0 Å². The zero-order valence-corrected chi connectivity index (χ0v) is 18.3. The highest BCUT2D eigenvalue weighted by molar-refractivity contribution is 5.75. The average Bonchev–Trinajstić information content (AvgIpc) is 2.77. The summed E-state index contributed by atoms with van der Waals surface area (Å²) in [5.41, 5.74) is 0. The molecule has 0 aliphatic carbocycles. The maximum absolute atomic E-state index is 13.4. The van der Waals surface area contributed by atoms with Gasteiger partial charge in [0.1, 0.15) is 5.78 Å². The van der Waals surface area contributed by atoms with Crippen LogP contribution in [0.15, 0.2) is 6.07 Å². The Morgan fingerprint density at radius 1 is 0.636 bits per heavy atom. The molecule has 0 aromatic heterocycles. The van der Waals surface area contributed by atoms with Crippen LogP contribution in [0.3, 0.4) is 0 Å². The molecule has 33 heavy (non-hydrogen) atoms. The molecule has 0 N–H and O–H groups in total.